The second-order valence-corrected chi connectivity index (χ2v) is 8.10. The fraction of sp³-hybridized carbons (Fsp3) is 0.0833. The Hall–Kier alpha value is -3.05. The number of fused-ring (bicyclic) bond motifs is 1. The summed E-state index contributed by atoms with van der Waals surface area (Å²) in [6, 6.07) is 23.2. The molecule has 0 amide bonds. The van der Waals surface area contributed by atoms with Crippen LogP contribution in [0.3, 0.4) is 0 Å². The van der Waals surface area contributed by atoms with E-state index in [2.05, 4.69) is 68.6 Å². The summed E-state index contributed by atoms with van der Waals surface area (Å²) in [5.74, 6) is -0.236. The van der Waals surface area contributed by atoms with Crippen molar-refractivity contribution in [2.24, 2.45) is 0 Å². The summed E-state index contributed by atoms with van der Waals surface area (Å²) < 4.78 is 14.6. The summed E-state index contributed by atoms with van der Waals surface area (Å²) in [7, 11) is 2.09. The monoisotopic (exact) mass is 447 g/mol. The molecule has 0 spiro atoms. The number of hydrogen-bond acceptors (Lipinski definition) is 2. The molecule has 1 aromatic heterocycles. The van der Waals surface area contributed by atoms with E-state index in [1.54, 1.807) is 0 Å². The summed E-state index contributed by atoms with van der Waals surface area (Å²) in [5.41, 5.74) is 6.41. The summed E-state index contributed by atoms with van der Waals surface area (Å²) in [6.45, 7) is 0. The van der Waals surface area contributed by atoms with Crippen LogP contribution in [0.15, 0.2) is 83.5 Å². The molecule has 0 aliphatic carbocycles. The Labute approximate surface area is 177 Å². The number of halogens is 2. The van der Waals surface area contributed by atoms with E-state index in [1.807, 2.05) is 36.4 Å². The van der Waals surface area contributed by atoms with Gasteiger partial charge < -0.3 is 15.2 Å². The Bertz CT molecular complexity index is 1210. The lowest BCUT2D eigenvalue weighted by molar-refractivity contribution is 0.358. The van der Waals surface area contributed by atoms with Gasteiger partial charge in [-0.2, -0.15) is 0 Å². The van der Waals surface area contributed by atoms with Crippen molar-refractivity contribution in [1.82, 2.24) is 15.2 Å². The Balaban J connectivity index is 1.65. The second-order valence-electron chi connectivity index (χ2n) is 7.19. The van der Waals surface area contributed by atoms with E-state index in [-0.39, 0.29) is 12.0 Å². The third-order valence-electron chi connectivity index (χ3n) is 5.41. The minimum Gasteiger partial charge on any atom is -0.361 e. The minimum absolute atomic E-state index is 0.0479. The van der Waals surface area contributed by atoms with Crippen molar-refractivity contribution in [2.75, 3.05) is 7.05 Å². The number of nitrogens with one attached hydrogen (secondary N) is 2. The van der Waals surface area contributed by atoms with Crippen LogP contribution in [0.4, 0.5) is 4.39 Å². The van der Waals surface area contributed by atoms with E-state index < -0.39 is 0 Å². The lowest BCUT2D eigenvalue weighted by Crippen LogP contribution is -2.25. The predicted octanol–water partition coefficient (Wildman–Crippen LogP) is 6.13. The van der Waals surface area contributed by atoms with Crippen LogP contribution in [0.2, 0.25) is 0 Å². The summed E-state index contributed by atoms with van der Waals surface area (Å²) in [4.78, 5) is 5.62. The van der Waals surface area contributed by atoms with Gasteiger partial charge in [-0.25, -0.2) is 4.39 Å². The van der Waals surface area contributed by atoms with Crippen LogP contribution in [0.5, 0.6) is 0 Å². The zero-order chi connectivity index (χ0) is 20.0. The van der Waals surface area contributed by atoms with Gasteiger partial charge >= 0.3 is 0 Å². The molecular weight excluding hydrogens is 429 g/mol. The number of aromatic nitrogens is 1. The molecule has 1 aliphatic heterocycles. The van der Waals surface area contributed by atoms with Gasteiger partial charge in [-0.05, 0) is 48.0 Å². The quantitative estimate of drug-likeness (QED) is 0.395. The van der Waals surface area contributed by atoms with Gasteiger partial charge in [-0.1, -0.05) is 46.3 Å². The molecule has 3 aromatic carbocycles. The van der Waals surface area contributed by atoms with Crippen LogP contribution in [0.1, 0.15) is 22.9 Å². The van der Waals surface area contributed by atoms with Gasteiger partial charge in [0.25, 0.3) is 0 Å². The van der Waals surface area contributed by atoms with Gasteiger partial charge in [0.15, 0.2) is 0 Å². The molecular formula is C24H19BrFN3. The lowest BCUT2D eigenvalue weighted by Gasteiger charge is -2.24. The third kappa shape index (κ3) is 3.12. The normalized spacial score (nSPS) is 16.5. The third-order valence-corrected chi connectivity index (χ3v) is 5.90. The van der Waals surface area contributed by atoms with Crippen molar-refractivity contribution in [3.63, 3.8) is 0 Å². The number of benzene rings is 3. The maximum atomic E-state index is 13.5. The Morgan fingerprint density at radius 2 is 1.69 bits per heavy atom. The second kappa shape index (κ2) is 7.08. The zero-order valence-electron chi connectivity index (χ0n) is 15.8. The molecule has 1 atom stereocenters. The standard InChI is InChI=1S/C24H19BrFN3/c1-29-23(16-5-3-2-4-6-16)22(15-7-10-18(26)11-8-15)28-24(29)20-14-27-21-12-9-17(25)13-19(20)21/h2-14,24,27-28H,1H3. The first-order chi connectivity index (χ1) is 14.1. The smallest absolute Gasteiger partial charge is 0.127 e. The molecule has 1 unspecified atom stereocenters. The number of aromatic amines is 1. The van der Waals surface area contributed by atoms with Crippen LogP contribution in [-0.4, -0.2) is 16.9 Å². The average molecular weight is 448 g/mol. The van der Waals surface area contributed by atoms with Gasteiger partial charge in [-0.15, -0.1) is 0 Å². The molecule has 0 radical (unpaired) electrons. The first-order valence-electron chi connectivity index (χ1n) is 9.43. The SMILES string of the molecule is CN1C(c2ccccc2)=C(c2ccc(F)cc2)NC1c1c[nH]c2ccc(Br)cc12. The van der Waals surface area contributed by atoms with Crippen LogP contribution >= 0.6 is 15.9 Å². The number of nitrogens with zero attached hydrogens (tertiary/aromatic N) is 1. The van der Waals surface area contributed by atoms with Crippen LogP contribution in [-0.2, 0) is 0 Å². The van der Waals surface area contributed by atoms with E-state index in [9.17, 15) is 4.39 Å². The zero-order valence-corrected chi connectivity index (χ0v) is 17.4. The molecule has 1 aliphatic rings. The first kappa shape index (κ1) is 18.0. The molecule has 0 saturated heterocycles. The highest BCUT2D eigenvalue weighted by molar-refractivity contribution is 9.10. The number of rotatable bonds is 3. The largest absolute Gasteiger partial charge is 0.361 e. The summed E-state index contributed by atoms with van der Waals surface area (Å²) in [6.07, 6.45) is 2.01. The predicted molar refractivity (Wildman–Crippen MR) is 119 cm³/mol. The first-order valence-corrected chi connectivity index (χ1v) is 10.2. The van der Waals surface area contributed by atoms with E-state index in [4.69, 9.17) is 0 Å². The van der Waals surface area contributed by atoms with Crippen molar-refractivity contribution in [3.8, 4) is 0 Å². The van der Waals surface area contributed by atoms with Gasteiger partial charge in [0, 0.05) is 39.7 Å². The van der Waals surface area contributed by atoms with E-state index in [1.165, 1.54) is 12.1 Å². The van der Waals surface area contributed by atoms with Crippen molar-refractivity contribution in [3.05, 3.63) is 106 Å². The molecule has 4 aromatic rings. The molecule has 2 N–H and O–H groups in total. The number of H-pyrrole nitrogens is 1. The van der Waals surface area contributed by atoms with Crippen LogP contribution < -0.4 is 5.32 Å². The number of hydrogen-bond donors (Lipinski definition) is 2. The maximum Gasteiger partial charge on any atom is 0.127 e. The van der Waals surface area contributed by atoms with Crippen LogP contribution in [0, 0.1) is 5.82 Å². The Morgan fingerprint density at radius 1 is 0.931 bits per heavy atom. The van der Waals surface area contributed by atoms with E-state index >= 15 is 0 Å². The van der Waals surface area contributed by atoms with Gasteiger partial charge in [0.1, 0.15) is 12.0 Å². The minimum atomic E-state index is -0.236. The summed E-state index contributed by atoms with van der Waals surface area (Å²) in [5, 5.41) is 4.85. The molecule has 5 rings (SSSR count). The summed E-state index contributed by atoms with van der Waals surface area (Å²) >= 11 is 3.59. The molecule has 144 valence electrons. The fourth-order valence-corrected chi connectivity index (χ4v) is 4.38. The molecule has 0 fully saturated rings. The highest BCUT2D eigenvalue weighted by Crippen LogP contribution is 2.41. The van der Waals surface area contributed by atoms with E-state index in [0.717, 1.165) is 43.5 Å². The van der Waals surface area contributed by atoms with E-state index in [0.29, 0.717) is 0 Å². The fourth-order valence-electron chi connectivity index (χ4n) is 4.01. The molecule has 2 heterocycles. The molecule has 0 bridgehead atoms. The van der Waals surface area contributed by atoms with Gasteiger partial charge in [0.2, 0.25) is 0 Å². The highest BCUT2D eigenvalue weighted by Gasteiger charge is 2.32. The van der Waals surface area contributed by atoms with Crippen molar-refractivity contribution >= 4 is 38.2 Å². The van der Waals surface area contributed by atoms with Gasteiger partial charge in [0.05, 0.1) is 11.4 Å². The van der Waals surface area contributed by atoms with Crippen molar-refractivity contribution in [1.29, 1.82) is 0 Å². The Morgan fingerprint density at radius 3 is 2.45 bits per heavy atom. The highest BCUT2D eigenvalue weighted by atomic mass is 79.9. The molecule has 29 heavy (non-hydrogen) atoms. The molecule has 0 saturated carbocycles. The topological polar surface area (TPSA) is 31.1 Å². The lowest BCUT2D eigenvalue weighted by atomic mass is 10.1. The van der Waals surface area contributed by atoms with Crippen molar-refractivity contribution < 1.29 is 4.39 Å². The Kier molecular flexibility index (Phi) is 4.40. The van der Waals surface area contributed by atoms with Crippen molar-refractivity contribution in [2.45, 2.75) is 6.17 Å². The van der Waals surface area contributed by atoms with Crippen LogP contribution in [0.25, 0.3) is 22.3 Å². The molecule has 5 heteroatoms. The average Bonchev–Trinajstić information content (AvgIpc) is 3.29. The maximum absolute atomic E-state index is 13.5. The molecule has 3 nitrogen and oxygen atoms in total. The van der Waals surface area contributed by atoms with Gasteiger partial charge in [-0.3, -0.25) is 0 Å².